The number of β-amino-alcohol motifs (C(OH)–C–C–N with tert-alkyl or cyclic N) is 1. The normalized spacial score (nSPS) is 23.0. The van der Waals surface area contributed by atoms with Crippen LogP contribution >= 0.6 is 12.4 Å². The first-order valence-corrected chi connectivity index (χ1v) is 11.7. The number of aliphatic hydroxyl groups excluding tert-OH is 1. The molecule has 186 valence electrons. The number of hydrogen-bond donors (Lipinski definition) is 2. The molecule has 1 unspecified atom stereocenters. The predicted octanol–water partition coefficient (Wildman–Crippen LogP) is 1.91. The van der Waals surface area contributed by atoms with Crippen molar-refractivity contribution in [3.8, 4) is 11.5 Å². The molecule has 1 fully saturated rings. The Morgan fingerprint density at radius 2 is 1.91 bits per heavy atom. The van der Waals surface area contributed by atoms with Crippen molar-refractivity contribution in [1.82, 2.24) is 19.8 Å². The van der Waals surface area contributed by atoms with Crippen molar-refractivity contribution in [1.29, 1.82) is 0 Å². The van der Waals surface area contributed by atoms with E-state index in [1.807, 2.05) is 6.07 Å². The molecule has 35 heavy (non-hydrogen) atoms. The molecule has 0 amide bonds. The fourth-order valence-corrected chi connectivity index (χ4v) is 5.50. The van der Waals surface area contributed by atoms with E-state index in [0.29, 0.717) is 75.1 Å². The van der Waals surface area contributed by atoms with Crippen LogP contribution in [0.2, 0.25) is 0 Å². The van der Waals surface area contributed by atoms with Gasteiger partial charge in [0.05, 0.1) is 23.5 Å². The Kier molecular flexibility index (Phi) is 6.67. The number of nitrogens with one attached hydrogen (secondary N) is 1. The zero-order valence-electron chi connectivity index (χ0n) is 19.2. The molecule has 0 bridgehead atoms. The van der Waals surface area contributed by atoms with E-state index in [2.05, 4.69) is 15.2 Å². The highest BCUT2D eigenvalue weighted by Crippen LogP contribution is 2.36. The molecule has 1 saturated heterocycles. The Labute approximate surface area is 208 Å². The minimum absolute atomic E-state index is 0. The molecule has 8 nitrogen and oxygen atoms in total. The first kappa shape index (κ1) is 24.0. The highest BCUT2D eigenvalue weighted by atomic mass is 35.5. The molecule has 5 heterocycles. The Bertz CT molecular complexity index is 1300. The van der Waals surface area contributed by atoms with Gasteiger partial charge in [0.2, 0.25) is 0 Å². The molecule has 0 aliphatic carbocycles. The Hall–Kier alpha value is -2.72. The zero-order chi connectivity index (χ0) is 23.2. The molecule has 0 radical (unpaired) electrons. The maximum Gasteiger partial charge on any atom is 0.251 e. The molecule has 0 spiro atoms. The zero-order valence-corrected chi connectivity index (χ0v) is 20.0. The molecule has 2 N–H and O–H groups in total. The maximum absolute atomic E-state index is 14.8. The molecule has 1 aromatic carbocycles. The van der Waals surface area contributed by atoms with Crippen molar-refractivity contribution in [2.75, 3.05) is 39.4 Å². The quantitative estimate of drug-likeness (QED) is 0.532. The number of aliphatic hydroxyl groups is 1. The molecule has 6 rings (SSSR count). The second kappa shape index (κ2) is 9.73. The first-order chi connectivity index (χ1) is 16.6. The van der Waals surface area contributed by atoms with Crippen molar-refractivity contribution >= 4 is 23.3 Å². The van der Waals surface area contributed by atoms with Crippen molar-refractivity contribution in [2.45, 2.75) is 25.1 Å². The van der Waals surface area contributed by atoms with Crippen LogP contribution in [0.15, 0.2) is 41.3 Å². The molecule has 0 saturated carbocycles. The van der Waals surface area contributed by atoms with Gasteiger partial charge in [0.1, 0.15) is 19.0 Å². The molecule has 3 aromatic rings. The summed E-state index contributed by atoms with van der Waals surface area (Å²) in [6, 6.07) is 8.40. The Morgan fingerprint density at radius 3 is 2.77 bits per heavy atom. The van der Waals surface area contributed by atoms with Gasteiger partial charge in [0, 0.05) is 68.8 Å². The smallest absolute Gasteiger partial charge is 0.251 e. The maximum atomic E-state index is 14.8. The van der Waals surface area contributed by atoms with Crippen molar-refractivity contribution < 1.29 is 19.0 Å². The third-order valence-corrected chi connectivity index (χ3v) is 7.11. The lowest BCUT2D eigenvalue weighted by Gasteiger charge is -2.21. The van der Waals surface area contributed by atoms with E-state index in [1.54, 1.807) is 29.0 Å². The SMILES string of the molecule is Cl.O=c1ccc2ccc(F)c3c2n1CC3CN1C[C@H](CNCc2cc3c(cn2)OCCO3)[C@H](O)C1. The summed E-state index contributed by atoms with van der Waals surface area (Å²) in [6.07, 6.45) is 1.22. The molecular formula is C25H28ClFN4O4. The average Bonchev–Trinajstić information content (AvgIpc) is 3.39. The summed E-state index contributed by atoms with van der Waals surface area (Å²) < 4.78 is 27.6. The Balaban J connectivity index is 0.00000253. The number of aromatic nitrogens is 2. The largest absolute Gasteiger partial charge is 0.486 e. The highest BCUT2D eigenvalue weighted by molar-refractivity contribution is 5.85. The van der Waals surface area contributed by atoms with Crippen molar-refractivity contribution in [2.24, 2.45) is 5.92 Å². The predicted molar refractivity (Wildman–Crippen MR) is 131 cm³/mol. The lowest BCUT2D eigenvalue weighted by molar-refractivity contribution is 0.139. The number of pyridine rings is 2. The lowest BCUT2D eigenvalue weighted by Crippen LogP contribution is -2.31. The van der Waals surface area contributed by atoms with E-state index in [9.17, 15) is 14.3 Å². The van der Waals surface area contributed by atoms with Gasteiger partial charge in [-0.2, -0.15) is 0 Å². The summed E-state index contributed by atoms with van der Waals surface area (Å²) in [5.41, 5.74) is 2.09. The lowest BCUT2D eigenvalue weighted by atomic mass is 9.98. The van der Waals surface area contributed by atoms with Gasteiger partial charge in [-0.05, 0) is 23.6 Å². The number of nitrogens with zero attached hydrogens (tertiary/aromatic N) is 3. The van der Waals surface area contributed by atoms with Gasteiger partial charge in [-0.25, -0.2) is 4.39 Å². The molecule has 10 heteroatoms. The van der Waals surface area contributed by atoms with E-state index >= 15 is 0 Å². The summed E-state index contributed by atoms with van der Waals surface area (Å²) in [4.78, 5) is 19.0. The molecule has 3 aliphatic heterocycles. The van der Waals surface area contributed by atoms with Gasteiger partial charge in [0.25, 0.3) is 5.56 Å². The molecule has 3 aliphatic rings. The number of ether oxygens (including phenoxy) is 2. The third-order valence-electron chi connectivity index (χ3n) is 7.11. The second-order valence-electron chi connectivity index (χ2n) is 9.37. The third kappa shape index (κ3) is 4.49. The highest BCUT2D eigenvalue weighted by Gasteiger charge is 2.35. The fraction of sp³-hybridized carbons (Fsp3) is 0.440. The van der Waals surface area contributed by atoms with E-state index in [4.69, 9.17) is 9.47 Å². The van der Waals surface area contributed by atoms with Gasteiger partial charge in [-0.3, -0.25) is 14.7 Å². The number of benzene rings is 1. The molecular weight excluding hydrogens is 475 g/mol. The number of hydrogen-bond acceptors (Lipinski definition) is 7. The number of halogens is 2. The fourth-order valence-electron chi connectivity index (χ4n) is 5.50. The second-order valence-corrected chi connectivity index (χ2v) is 9.37. The topological polar surface area (TPSA) is 88.9 Å². The van der Waals surface area contributed by atoms with Crippen molar-refractivity contribution in [3.05, 3.63) is 64.0 Å². The van der Waals surface area contributed by atoms with Crippen LogP contribution in [-0.2, 0) is 13.1 Å². The van der Waals surface area contributed by atoms with Gasteiger partial charge in [-0.15, -0.1) is 12.4 Å². The first-order valence-electron chi connectivity index (χ1n) is 11.7. The number of likely N-dealkylation sites (tertiary alicyclic amines) is 1. The Morgan fingerprint density at radius 1 is 1.11 bits per heavy atom. The molecule has 2 aromatic heterocycles. The van der Waals surface area contributed by atoms with Crippen LogP contribution < -0.4 is 20.3 Å². The standard InChI is InChI=1S/C25H27FN4O4.ClH/c26-19-3-1-15-2-4-23(32)30-13-17(24(19)25(15)30)12-29-11-16(20(31)14-29)8-27-9-18-7-21-22(10-28-18)34-6-5-33-21;/h1-4,7,10,16-17,20,27,31H,5-6,8-9,11-14H2;1H/t16-,17?,20+;/m0./s1. The van der Waals surface area contributed by atoms with Crippen molar-refractivity contribution in [3.63, 3.8) is 0 Å². The summed E-state index contributed by atoms with van der Waals surface area (Å²) in [5, 5.41) is 14.9. The summed E-state index contributed by atoms with van der Waals surface area (Å²) in [5.74, 6) is 1.06. The van der Waals surface area contributed by atoms with E-state index in [0.717, 1.165) is 11.1 Å². The minimum Gasteiger partial charge on any atom is -0.486 e. The van der Waals surface area contributed by atoms with Crippen LogP contribution in [0, 0.1) is 11.7 Å². The molecule has 3 atom stereocenters. The number of fused-ring (bicyclic) bond motifs is 1. The minimum atomic E-state index is -0.465. The van der Waals surface area contributed by atoms with Crippen LogP contribution in [0.3, 0.4) is 0 Å². The van der Waals surface area contributed by atoms with Gasteiger partial charge in [-0.1, -0.05) is 0 Å². The van der Waals surface area contributed by atoms with E-state index in [1.165, 1.54) is 6.07 Å². The summed E-state index contributed by atoms with van der Waals surface area (Å²) in [7, 11) is 0. The average molecular weight is 503 g/mol. The van der Waals surface area contributed by atoms with Crippen LogP contribution in [0.25, 0.3) is 10.9 Å². The summed E-state index contributed by atoms with van der Waals surface area (Å²) in [6.45, 7) is 4.60. The van der Waals surface area contributed by atoms with E-state index in [-0.39, 0.29) is 35.6 Å². The van der Waals surface area contributed by atoms with Gasteiger partial charge < -0.3 is 24.5 Å². The van der Waals surface area contributed by atoms with Crippen LogP contribution in [-0.4, -0.2) is 65.1 Å². The van der Waals surface area contributed by atoms with Crippen LogP contribution in [0.1, 0.15) is 17.2 Å². The monoisotopic (exact) mass is 502 g/mol. The number of rotatable bonds is 6. The van der Waals surface area contributed by atoms with Crippen LogP contribution in [0.5, 0.6) is 11.5 Å². The van der Waals surface area contributed by atoms with E-state index < -0.39 is 6.10 Å². The van der Waals surface area contributed by atoms with Gasteiger partial charge >= 0.3 is 0 Å². The summed E-state index contributed by atoms with van der Waals surface area (Å²) >= 11 is 0. The van der Waals surface area contributed by atoms with Crippen LogP contribution in [0.4, 0.5) is 4.39 Å². The van der Waals surface area contributed by atoms with Gasteiger partial charge in [0.15, 0.2) is 11.5 Å².